The first-order chi connectivity index (χ1) is 15.8. The summed E-state index contributed by atoms with van der Waals surface area (Å²) in [5.41, 5.74) is 2.45. The minimum absolute atomic E-state index is 0.0602. The molecule has 3 N–H and O–H groups in total. The highest BCUT2D eigenvalue weighted by Crippen LogP contribution is 2.27. The highest BCUT2D eigenvalue weighted by molar-refractivity contribution is 7.89. The molecule has 0 radical (unpaired) electrons. The lowest BCUT2D eigenvalue weighted by Gasteiger charge is -2.17. The number of benzene rings is 3. The number of anilines is 1. The average molecular weight is 463 g/mol. The first-order valence-electron chi connectivity index (χ1n) is 10.1. The number of aromatic nitrogens is 2. The predicted molar refractivity (Wildman–Crippen MR) is 125 cm³/mol. The number of phenolic OH excluding ortho intramolecular Hbond substituents is 1. The summed E-state index contributed by atoms with van der Waals surface area (Å²) < 4.78 is 27.0. The second kappa shape index (κ2) is 9.27. The summed E-state index contributed by atoms with van der Waals surface area (Å²) in [5.74, 6) is -0.383. The number of hydrogen-bond donors (Lipinski definition) is 3. The number of phenols is 1. The van der Waals surface area contributed by atoms with Crippen LogP contribution >= 0.6 is 0 Å². The van der Waals surface area contributed by atoms with Gasteiger partial charge < -0.3 is 10.4 Å². The third-order valence-electron chi connectivity index (χ3n) is 5.07. The largest absolute Gasteiger partial charge is 0.507 e. The molecule has 0 aliphatic heterocycles. The number of aromatic hydroxyl groups is 1. The van der Waals surface area contributed by atoms with Crippen molar-refractivity contribution in [3.05, 3.63) is 96.2 Å². The molecule has 9 heteroatoms. The Bertz CT molecular complexity index is 1370. The van der Waals surface area contributed by atoms with Crippen molar-refractivity contribution in [2.45, 2.75) is 11.4 Å². The molecule has 0 unspecified atom stereocenters. The molecule has 0 spiro atoms. The van der Waals surface area contributed by atoms with Crippen molar-refractivity contribution in [1.29, 1.82) is 0 Å². The Morgan fingerprint density at radius 2 is 1.67 bits per heavy atom. The lowest BCUT2D eigenvalue weighted by atomic mass is 10.1. The molecule has 1 heterocycles. The number of H-pyrrole nitrogens is 1. The average Bonchev–Trinajstić information content (AvgIpc) is 3.31. The number of carbonyl (C=O) groups excluding carboxylic acids is 1. The minimum atomic E-state index is -3.69. The number of hydrogen-bond acceptors (Lipinski definition) is 5. The summed E-state index contributed by atoms with van der Waals surface area (Å²) in [7, 11) is -2.16. The van der Waals surface area contributed by atoms with Gasteiger partial charge in [-0.1, -0.05) is 42.5 Å². The van der Waals surface area contributed by atoms with Crippen molar-refractivity contribution in [3.8, 4) is 17.0 Å². The van der Waals surface area contributed by atoms with Gasteiger partial charge in [-0.2, -0.15) is 9.40 Å². The summed E-state index contributed by atoms with van der Waals surface area (Å²) in [4.78, 5) is 12.7. The van der Waals surface area contributed by atoms with Crippen molar-refractivity contribution >= 4 is 21.6 Å². The summed E-state index contributed by atoms with van der Waals surface area (Å²) in [6.07, 6.45) is 0. The monoisotopic (exact) mass is 462 g/mol. The van der Waals surface area contributed by atoms with Gasteiger partial charge in [-0.3, -0.25) is 9.89 Å². The molecule has 1 amide bonds. The van der Waals surface area contributed by atoms with Crippen molar-refractivity contribution in [1.82, 2.24) is 14.5 Å². The Kier molecular flexibility index (Phi) is 6.25. The van der Waals surface area contributed by atoms with Crippen LogP contribution in [0.5, 0.6) is 5.75 Å². The highest BCUT2D eigenvalue weighted by Gasteiger charge is 2.21. The highest BCUT2D eigenvalue weighted by atomic mass is 32.2. The molecule has 4 rings (SSSR count). The molecule has 4 aromatic rings. The van der Waals surface area contributed by atoms with Crippen LogP contribution in [0.25, 0.3) is 11.3 Å². The van der Waals surface area contributed by atoms with Gasteiger partial charge in [0.2, 0.25) is 10.0 Å². The van der Waals surface area contributed by atoms with Gasteiger partial charge in [0.25, 0.3) is 5.91 Å². The predicted octanol–water partition coefficient (Wildman–Crippen LogP) is 3.86. The van der Waals surface area contributed by atoms with E-state index in [1.54, 1.807) is 18.2 Å². The van der Waals surface area contributed by atoms with Crippen LogP contribution in [0.15, 0.2) is 89.8 Å². The first-order valence-corrected chi connectivity index (χ1v) is 11.5. The number of amides is 1. The second-order valence-corrected chi connectivity index (χ2v) is 9.45. The van der Waals surface area contributed by atoms with E-state index in [1.807, 2.05) is 30.3 Å². The van der Waals surface area contributed by atoms with Crippen LogP contribution in [0.3, 0.4) is 0 Å². The molecular weight excluding hydrogens is 440 g/mol. The standard InChI is InChI=1S/C24H22N4O4S/c1-28(16-17-7-3-2-4-8-17)33(31,32)19-13-11-18(12-14-19)25-24(30)22-15-21(26-27-22)20-9-5-6-10-23(20)29/h2-15,29H,16H2,1H3,(H,25,30)(H,26,27). The normalized spacial score (nSPS) is 11.5. The maximum Gasteiger partial charge on any atom is 0.273 e. The number of nitrogens with zero attached hydrogens (tertiary/aromatic N) is 2. The number of sulfonamides is 1. The van der Waals surface area contributed by atoms with E-state index in [-0.39, 0.29) is 22.9 Å². The van der Waals surface area contributed by atoms with Crippen LogP contribution in [-0.4, -0.2) is 41.0 Å². The Morgan fingerprint density at radius 1 is 1.00 bits per heavy atom. The van der Waals surface area contributed by atoms with Crippen LogP contribution in [0.4, 0.5) is 5.69 Å². The zero-order chi connectivity index (χ0) is 23.4. The van der Waals surface area contributed by atoms with Crippen molar-refractivity contribution < 1.29 is 18.3 Å². The van der Waals surface area contributed by atoms with Crippen LogP contribution in [-0.2, 0) is 16.6 Å². The second-order valence-electron chi connectivity index (χ2n) is 7.41. The van der Waals surface area contributed by atoms with E-state index < -0.39 is 15.9 Å². The van der Waals surface area contributed by atoms with Gasteiger partial charge in [-0.25, -0.2) is 8.42 Å². The number of carbonyl (C=O) groups is 1. The van der Waals surface area contributed by atoms with Gasteiger partial charge in [0.1, 0.15) is 11.4 Å². The Balaban J connectivity index is 1.44. The molecule has 0 saturated heterocycles. The molecule has 0 bridgehead atoms. The summed E-state index contributed by atoms with van der Waals surface area (Å²) in [6, 6.07) is 23.5. The van der Waals surface area contributed by atoms with E-state index in [4.69, 9.17) is 0 Å². The maximum absolute atomic E-state index is 12.9. The Labute approximate surface area is 191 Å². The fraction of sp³-hybridized carbons (Fsp3) is 0.0833. The van der Waals surface area contributed by atoms with Crippen molar-refractivity contribution in [2.24, 2.45) is 0 Å². The molecule has 0 atom stereocenters. The summed E-state index contributed by atoms with van der Waals surface area (Å²) in [5, 5.41) is 19.4. The van der Waals surface area contributed by atoms with Crippen LogP contribution in [0.1, 0.15) is 16.1 Å². The lowest BCUT2D eigenvalue weighted by Crippen LogP contribution is -2.26. The van der Waals surface area contributed by atoms with Crippen molar-refractivity contribution in [3.63, 3.8) is 0 Å². The summed E-state index contributed by atoms with van der Waals surface area (Å²) in [6.45, 7) is 0.251. The molecule has 3 aromatic carbocycles. The van der Waals surface area contributed by atoms with Crippen LogP contribution in [0, 0.1) is 0 Å². The Morgan fingerprint density at radius 3 is 2.36 bits per heavy atom. The quantitative estimate of drug-likeness (QED) is 0.386. The number of nitrogens with one attached hydrogen (secondary N) is 2. The van der Waals surface area contributed by atoms with Crippen LogP contribution < -0.4 is 5.32 Å². The number of rotatable bonds is 7. The van der Waals surface area contributed by atoms with Crippen LogP contribution in [0.2, 0.25) is 0 Å². The molecule has 0 saturated carbocycles. The zero-order valence-electron chi connectivity index (χ0n) is 17.8. The SMILES string of the molecule is CN(Cc1ccccc1)S(=O)(=O)c1ccc(NC(=O)c2cc(-c3ccccc3O)n[nH]2)cc1. The fourth-order valence-electron chi connectivity index (χ4n) is 3.28. The molecule has 0 aliphatic rings. The molecule has 168 valence electrons. The third kappa shape index (κ3) is 4.94. The molecule has 33 heavy (non-hydrogen) atoms. The van der Waals surface area contributed by atoms with Gasteiger partial charge in [0.15, 0.2) is 0 Å². The Hall–Kier alpha value is -3.95. The van der Waals surface area contributed by atoms with E-state index in [1.165, 1.54) is 47.8 Å². The molecule has 0 aliphatic carbocycles. The maximum atomic E-state index is 12.9. The summed E-state index contributed by atoms with van der Waals surface area (Å²) >= 11 is 0. The number of para-hydroxylation sites is 1. The minimum Gasteiger partial charge on any atom is -0.507 e. The molecule has 8 nitrogen and oxygen atoms in total. The van der Waals surface area contributed by atoms with E-state index in [0.717, 1.165) is 5.56 Å². The fourth-order valence-corrected chi connectivity index (χ4v) is 4.44. The number of aromatic amines is 1. The third-order valence-corrected chi connectivity index (χ3v) is 6.89. The van der Waals surface area contributed by atoms with Gasteiger partial charge in [0, 0.05) is 24.8 Å². The van der Waals surface area contributed by atoms with Gasteiger partial charge in [-0.05, 0) is 48.0 Å². The first kappa shape index (κ1) is 22.3. The van der Waals surface area contributed by atoms with Gasteiger partial charge in [0.05, 0.1) is 10.6 Å². The van der Waals surface area contributed by atoms with Gasteiger partial charge in [-0.15, -0.1) is 0 Å². The van der Waals surface area contributed by atoms with E-state index in [9.17, 15) is 18.3 Å². The zero-order valence-corrected chi connectivity index (χ0v) is 18.6. The smallest absolute Gasteiger partial charge is 0.273 e. The van der Waals surface area contributed by atoms with E-state index in [0.29, 0.717) is 16.9 Å². The topological polar surface area (TPSA) is 115 Å². The molecule has 1 aromatic heterocycles. The van der Waals surface area contributed by atoms with Crippen molar-refractivity contribution in [2.75, 3.05) is 12.4 Å². The lowest BCUT2D eigenvalue weighted by molar-refractivity contribution is 0.102. The van der Waals surface area contributed by atoms with E-state index in [2.05, 4.69) is 15.5 Å². The van der Waals surface area contributed by atoms with Gasteiger partial charge >= 0.3 is 0 Å². The molecule has 0 fully saturated rings. The molecular formula is C24H22N4O4S. The van der Waals surface area contributed by atoms with E-state index >= 15 is 0 Å².